The van der Waals surface area contributed by atoms with Crippen LogP contribution in [-0.2, 0) is 24.3 Å². The van der Waals surface area contributed by atoms with Gasteiger partial charge in [0.2, 0.25) is 5.91 Å². The number of nitrogens with zero attached hydrogens (tertiary/aromatic N) is 4. The first kappa shape index (κ1) is 22.2. The van der Waals surface area contributed by atoms with Gasteiger partial charge in [-0.15, -0.1) is 11.3 Å². The molecule has 0 saturated carbocycles. The van der Waals surface area contributed by atoms with Gasteiger partial charge in [-0.25, -0.2) is 4.98 Å². The second-order valence-electron chi connectivity index (χ2n) is 8.53. The Bertz CT molecular complexity index is 930. The number of hydrogen-bond acceptors (Lipinski definition) is 6. The van der Waals surface area contributed by atoms with Gasteiger partial charge in [-0.1, -0.05) is 19.9 Å². The van der Waals surface area contributed by atoms with Crippen molar-refractivity contribution in [1.29, 1.82) is 0 Å². The molecule has 2 aromatic heterocycles. The number of likely N-dealkylation sites (N-methyl/N-ethyl adjacent to an activating group) is 1. The molecule has 0 aliphatic carbocycles. The lowest BCUT2D eigenvalue weighted by molar-refractivity contribution is -0.133. The monoisotopic (exact) mass is 443 g/mol. The Hall–Kier alpha value is -2.03. The van der Waals surface area contributed by atoms with Gasteiger partial charge in [0.1, 0.15) is 5.82 Å². The van der Waals surface area contributed by atoms with Crippen molar-refractivity contribution in [3.63, 3.8) is 0 Å². The number of carbonyl (C=O) groups is 1. The second kappa shape index (κ2) is 10.1. The number of thiophene rings is 1. The molecule has 1 fully saturated rings. The molecule has 2 aromatic rings. The van der Waals surface area contributed by atoms with Crippen molar-refractivity contribution >= 4 is 17.2 Å². The van der Waals surface area contributed by atoms with E-state index in [0.717, 1.165) is 75.6 Å². The normalized spacial score (nSPS) is 17.8. The van der Waals surface area contributed by atoms with Crippen molar-refractivity contribution < 1.29 is 4.79 Å². The van der Waals surface area contributed by atoms with Crippen LogP contribution in [0, 0.1) is 0 Å². The van der Waals surface area contributed by atoms with Crippen LogP contribution in [0.15, 0.2) is 22.3 Å². The van der Waals surface area contributed by atoms with Crippen LogP contribution in [0.5, 0.6) is 0 Å². The number of hydrogen-bond donors (Lipinski definition) is 1. The van der Waals surface area contributed by atoms with Crippen LogP contribution in [0.2, 0.25) is 0 Å². The maximum atomic E-state index is 12.8. The summed E-state index contributed by atoms with van der Waals surface area (Å²) in [5.41, 5.74) is 1.79. The molecule has 8 heteroatoms. The zero-order valence-electron chi connectivity index (χ0n) is 18.6. The number of piperidine rings is 1. The third kappa shape index (κ3) is 5.25. The van der Waals surface area contributed by atoms with Gasteiger partial charge in [0.15, 0.2) is 0 Å². The molecule has 1 amide bonds. The number of carbonyl (C=O) groups excluding carboxylic acids is 1. The molecule has 4 rings (SSSR count). The van der Waals surface area contributed by atoms with Crippen molar-refractivity contribution in [3.05, 3.63) is 49.8 Å². The minimum atomic E-state index is 0.0101. The molecule has 0 atom stereocenters. The van der Waals surface area contributed by atoms with E-state index in [9.17, 15) is 9.59 Å². The Morgan fingerprint density at radius 1 is 1.26 bits per heavy atom. The Kier molecular flexibility index (Phi) is 7.20. The maximum Gasteiger partial charge on any atom is 0.255 e. The fourth-order valence-corrected chi connectivity index (χ4v) is 5.34. The van der Waals surface area contributed by atoms with Gasteiger partial charge in [-0.3, -0.25) is 19.4 Å². The van der Waals surface area contributed by atoms with Crippen LogP contribution in [0.3, 0.4) is 0 Å². The number of aromatic nitrogens is 2. The molecule has 0 radical (unpaired) electrons. The van der Waals surface area contributed by atoms with Crippen molar-refractivity contribution in [1.82, 2.24) is 24.7 Å². The van der Waals surface area contributed by atoms with E-state index in [4.69, 9.17) is 4.98 Å². The number of aromatic amines is 1. The Morgan fingerprint density at radius 2 is 2.03 bits per heavy atom. The third-order valence-corrected chi connectivity index (χ3v) is 7.47. The summed E-state index contributed by atoms with van der Waals surface area (Å²) >= 11 is 1.76. The fourth-order valence-electron chi connectivity index (χ4n) is 4.59. The average Bonchev–Trinajstić information content (AvgIpc) is 3.30. The van der Waals surface area contributed by atoms with E-state index in [2.05, 4.69) is 46.1 Å². The molecule has 2 aliphatic heterocycles. The summed E-state index contributed by atoms with van der Waals surface area (Å²) in [6, 6.07) is 4.21. The van der Waals surface area contributed by atoms with Crippen LogP contribution >= 0.6 is 11.3 Å². The van der Waals surface area contributed by atoms with Crippen LogP contribution in [0.25, 0.3) is 0 Å². The molecular weight excluding hydrogens is 410 g/mol. The molecule has 0 unspecified atom stereocenters. The molecule has 31 heavy (non-hydrogen) atoms. The third-order valence-electron chi connectivity index (χ3n) is 6.61. The molecule has 4 heterocycles. The highest BCUT2D eigenvalue weighted by molar-refractivity contribution is 7.09. The molecular formula is C23H33N5O2S. The van der Waals surface area contributed by atoms with E-state index in [1.807, 2.05) is 4.90 Å². The van der Waals surface area contributed by atoms with E-state index in [1.54, 1.807) is 11.3 Å². The largest absolute Gasteiger partial charge is 0.342 e. The smallest absolute Gasteiger partial charge is 0.255 e. The van der Waals surface area contributed by atoms with E-state index in [-0.39, 0.29) is 17.4 Å². The molecule has 7 nitrogen and oxygen atoms in total. The zero-order chi connectivity index (χ0) is 21.8. The Labute approximate surface area is 188 Å². The molecule has 168 valence electrons. The Morgan fingerprint density at radius 3 is 2.71 bits per heavy atom. The predicted molar refractivity (Wildman–Crippen MR) is 123 cm³/mol. The first-order valence-electron chi connectivity index (χ1n) is 11.4. The summed E-state index contributed by atoms with van der Waals surface area (Å²) in [7, 11) is 0. The highest BCUT2D eigenvalue weighted by Gasteiger charge is 2.28. The lowest BCUT2D eigenvalue weighted by atomic mass is 9.95. The molecule has 1 N–H and O–H groups in total. The van der Waals surface area contributed by atoms with E-state index in [0.29, 0.717) is 13.1 Å². The lowest BCUT2D eigenvalue weighted by Crippen LogP contribution is -2.44. The zero-order valence-corrected chi connectivity index (χ0v) is 19.4. The Balaban J connectivity index is 1.37. The van der Waals surface area contributed by atoms with Crippen LogP contribution in [-0.4, -0.2) is 69.8 Å². The molecule has 0 aromatic carbocycles. The summed E-state index contributed by atoms with van der Waals surface area (Å²) in [6.45, 7) is 10.4. The number of amides is 1. The summed E-state index contributed by atoms with van der Waals surface area (Å²) < 4.78 is 0. The highest BCUT2D eigenvalue weighted by Crippen LogP contribution is 2.27. The molecule has 1 saturated heterocycles. The van der Waals surface area contributed by atoms with Crippen LogP contribution in [0.4, 0.5) is 0 Å². The van der Waals surface area contributed by atoms with E-state index >= 15 is 0 Å². The van der Waals surface area contributed by atoms with Crippen molar-refractivity contribution in [2.24, 2.45) is 0 Å². The first-order valence-corrected chi connectivity index (χ1v) is 12.3. The van der Waals surface area contributed by atoms with E-state index in [1.165, 1.54) is 4.88 Å². The standard InChI is InChI=1S/C23H33N5O2S/c1-3-26(4-2)16-21(29)28-11-7-17(8-12-28)22-24-20-9-10-27(14-18-6-5-13-31-18)15-19(20)23(30)25-22/h5-6,13,17H,3-4,7-12,14-16H2,1-2H3,(H,24,25,30). The number of H-pyrrole nitrogens is 1. The first-order chi connectivity index (χ1) is 15.1. The van der Waals surface area contributed by atoms with Gasteiger partial charge in [0, 0.05) is 49.9 Å². The average molecular weight is 444 g/mol. The summed E-state index contributed by atoms with van der Waals surface area (Å²) in [6.07, 6.45) is 2.53. The SMILES string of the molecule is CCN(CC)CC(=O)N1CCC(c2nc3c(c(=O)[nH]2)CN(Cc2cccs2)CC3)CC1. The summed E-state index contributed by atoms with van der Waals surface area (Å²) in [4.78, 5) is 41.1. The van der Waals surface area contributed by atoms with Crippen LogP contribution in [0.1, 0.15) is 54.6 Å². The number of likely N-dealkylation sites (tertiary alicyclic amines) is 1. The van der Waals surface area contributed by atoms with Crippen molar-refractivity contribution in [2.45, 2.75) is 52.1 Å². The lowest BCUT2D eigenvalue weighted by Gasteiger charge is -2.33. The van der Waals surface area contributed by atoms with Gasteiger partial charge >= 0.3 is 0 Å². The quantitative estimate of drug-likeness (QED) is 0.712. The van der Waals surface area contributed by atoms with Gasteiger partial charge < -0.3 is 9.88 Å². The van der Waals surface area contributed by atoms with Crippen molar-refractivity contribution in [3.8, 4) is 0 Å². The topological polar surface area (TPSA) is 72.5 Å². The van der Waals surface area contributed by atoms with Gasteiger partial charge in [-0.2, -0.15) is 0 Å². The van der Waals surface area contributed by atoms with Gasteiger partial charge in [0.25, 0.3) is 5.56 Å². The minimum absolute atomic E-state index is 0.0101. The van der Waals surface area contributed by atoms with Gasteiger partial charge in [0.05, 0.1) is 17.8 Å². The number of rotatable bonds is 7. The summed E-state index contributed by atoms with van der Waals surface area (Å²) in [5.74, 6) is 1.24. The second-order valence-corrected chi connectivity index (χ2v) is 9.57. The molecule has 2 aliphatic rings. The minimum Gasteiger partial charge on any atom is -0.342 e. The van der Waals surface area contributed by atoms with Crippen LogP contribution < -0.4 is 5.56 Å². The fraction of sp³-hybridized carbons (Fsp3) is 0.609. The van der Waals surface area contributed by atoms with Crippen molar-refractivity contribution in [2.75, 3.05) is 39.3 Å². The number of fused-ring (bicyclic) bond motifs is 1. The highest BCUT2D eigenvalue weighted by atomic mass is 32.1. The van der Waals surface area contributed by atoms with Gasteiger partial charge in [-0.05, 0) is 37.4 Å². The predicted octanol–water partition coefficient (Wildman–Crippen LogP) is 2.44. The van der Waals surface area contributed by atoms with E-state index < -0.39 is 0 Å². The molecule has 0 spiro atoms. The maximum absolute atomic E-state index is 12.8. The molecule has 0 bridgehead atoms. The summed E-state index contributed by atoms with van der Waals surface area (Å²) in [5, 5.41) is 2.09. The number of nitrogens with one attached hydrogen (secondary N) is 1.